The molecule has 1 atom stereocenters. The number of carbonyl (C=O) groups is 1. The van der Waals surface area contributed by atoms with Crippen molar-refractivity contribution in [2.45, 2.75) is 33.1 Å². The Labute approximate surface area is 105 Å². The molecule has 1 aliphatic rings. The van der Waals surface area contributed by atoms with Crippen LogP contribution in [0.5, 0.6) is 0 Å². The average molecular weight is 282 g/mol. The lowest BCUT2D eigenvalue weighted by molar-refractivity contribution is -0.119. The van der Waals surface area contributed by atoms with E-state index < -0.39 is 0 Å². The van der Waals surface area contributed by atoms with E-state index in [2.05, 4.69) is 42.0 Å². The zero-order chi connectivity index (χ0) is 11.9. The minimum Gasteiger partial charge on any atom is -0.324 e. The van der Waals surface area contributed by atoms with Crippen molar-refractivity contribution >= 4 is 27.5 Å². The van der Waals surface area contributed by atoms with Crippen molar-refractivity contribution in [2.24, 2.45) is 5.41 Å². The van der Waals surface area contributed by atoms with Crippen molar-refractivity contribution in [3.05, 3.63) is 28.2 Å². The van der Waals surface area contributed by atoms with Gasteiger partial charge in [0.05, 0.1) is 11.6 Å². The monoisotopic (exact) mass is 281 g/mol. The highest BCUT2D eigenvalue weighted by molar-refractivity contribution is 9.10. The van der Waals surface area contributed by atoms with Gasteiger partial charge in [0.2, 0.25) is 5.91 Å². The third-order valence-electron chi connectivity index (χ3n) is 3.56. The molecule has 0 bridgehead atoms. The molecule has 0 spiro atoms. The lowest BCUT2D eigenvalue weighted by Gasteiger charge is -2.28. The summed E-state index contributed by atoms with van der Waals surface area (Å²) in [4.78, 5) is 12.1. The Hall–Kier alpha value is -0.830. The van der Waals surface area contributed by atoms with E-state index in [-0.39, 0.29) is 17.2 Å². The Morgan fingerprint density at radius 1 is 1.44 bits per heavy atom. The number of rotatable bonds is 2. The second-order valence-corrected chi connectivity index (χ2v) is 5.82. The highest BCUT2D eigenvalue weighted by atomic mass is 79.9. The smallest absolute Gasteiger partial charge is 0.232 e. The van der Waals surface area contributed by atoms with Gasteiger partial charge in [0.25, 0.3) is 0 Å². The third kappa shape index (κ3) is 1.67. The third-order valence-corrected chi connectivity index (χ3v) is 4.22. The molecule has 0 aromatic heterocycles. The Kier molecular flexibility index (Phi) is 2.82. The highest BCUT2D eigenvalue weighted by Crippen LogP contribution is 2.47. The standard InChI is InChI=1S/C13H16BrNO/c1-4-13(2,3)10-8-6-5-7-9(14)11(8)15-12(10)16/h5-7,10H,4H2,1-3H3,(H,15,16). The van der Waals surface area contributed by atoms with E-state index in [0.29, 0.717) is 0 Å². The summed E-state index contributed by atoms with van der Waals surface area (Å²) in [6.07, 6.45) is 0.983. The molecule has 86 valence electrons. The van der Waals surface area contributed by atoms with Gasteiger partial charge in [0, 0.05) is 4.47 Å². The average Bonchev–Trinajstić information content (AvgIpc) is 2.57. The number of fused-ring (bicyclic) bond motifs is 1. The number of para-hydroxylation sites is 1. The van der Waals surface area contributed by atoms with E-state index in [1.165, 1.54) is 0 Å². The van der Waals surface area contributed by atoms with E-state index in [9.17, 15) is 4.79 Å². The molecule has 0 saturated heterocycles. The predicted octanol–water partition coefficient (Wildman–Crippen LogP) is 3.92. The molecule has 3 heteroatoms. The Balaban J connectivity index is 2.53. The Morgan fingerprint density at radius 3 is 2.75 bits per heavy atom. The van der Waals surface area contributed by atoms with Crippen LogP contribution in [0.25, 0.3) is 0 Å². The summed E-state index contributed by atoms with van der Waals surface area (Å²) in [6.45, 7) is 6.42. The minimum absolute atomic E-state index is 0.00384. The maximum atomic E-state index is 12.1. The molecule has 16 heavy (non-hydrogen) atoms. The number of amides is 1. The molecule has 2 rings (SSSR count). The fraction of sp³-hybridized carbons (Fsp3) is 0.462. The van der Waals surface area contributed by atoms with Gasteiger partial charge in [-0.15, -0.1) is 0 Å². The molecule has 2 nitrogen and oxygen atoms in total. The zero-order valence-corrected chi connectivity index (χ0v) is 11.4. The van der Waals surface area contributed by atoms with E-state index in [1.807, 2.05) is 18.2 Å². The number of hydrogen-bond acceptors (Lipinski definition) is 1. The highest BCUT2D eigenvalue weighted by Gasteiger charge is 2.41. The van der Waals surface area contributed by atoms with Crippen LogP contribution in [0.4, 0.5) is 5.69 Å². The quantitative estimate of drug-likeness (QED) is 0.875. The molecule has 1 aromatic carbocycles. The maximum absolute atomic E-state index is 12.1. The number of benzene rings is 1. The first-order valence-electron chi connectivity index (χ1n) is 5.56. The first-order chi connectivity index (χ1) is 7.47. The van der Waals surface area contributed by atoms with Crippen LogP contribution in [0.2, 0.25) is 0 Å². The van der Waals surface area contributed by atoms with Crippen LogP contribution in [0.3, 0.4) is 0 Å². The number of anilines is 1. The Bertz CT molecular complexity index is 440. The van der Waals surface area contributed by atoms with Crippen molar-refractivity contribution in [1.82, 2.24) is 0 Å². The fourth-order valence-electron chi connectivity index (χ4n) is 2.23. The van der Waals surface area contributed by atoms with Crippen LogP contribution >= 0.6 is 15.9 Å². The number of hydrogen-bond donors (Lipinski definition) is 1. The van der Waals surface area contributed by atoms with Gasteiger partial charge in [0.1, 0.15) is 0 Å². The second-order valence-electron chi connectivity index (χ2n) is 4.97. The van der Waals surface area contributed by atoms with Crippen LogP contribution in [0.1, 0.15) is 38.7 Å². The molecule has 0 radical (unpaired) electrons. The van der Waals surface area contributed by atoms with Crippen molar-refractivity contribution in [3.63, 3.8) is 0 Å². The summed E-state index contributed by atoms with van der Waals surface area (Å²) in [7, 11) is 0. The molecular formula is C13H16BrNO. The molecule has 1 heterocycles. The van der Waals surface area contributed by atoms with E-state index in [0.717, 1.165) is 22.1 Å². The van der Waals surface area contributed by atoms with Gasteiger partial charge in [-0.3, -0.25) is 4.79 Å². The van der Waals surface area contributed by atoms with Crippen molar-refractivity contribution in [3.8, 4) is 0 Å². The summed E-state index contributed by atoms with van der Waals surface area (Å²) >= 11 is 3.48. The van der Waals surface area contributed by atoms with Crippen LogP contribution in [-0.4, -0.2) is 5.91 Å². The van der Waals surface area contributed by atoms with Gasteiger partial charge >= 0.3 is 0 Å². The Morgan fingerprint density at radius 2 is 2.12 bits per heavy atom. The summed E-state index contributed by atoms with van der Waals surface area (Å²) in [6, 6.07) is 5.99. The summed E-state index contributed by atoms with van der Waals surface area (Å²) in [5, 5.41) is 2.97. The topological polar surface area (TPSA) is 29.1 Å². The summed E-state index contributed by atoms with van der Waals surface area (Å²) in [5.74, 6) is 0.0822. The fourth-order valence-corrected chi connectivity index (χ4v) is 2.71. The number of carbonyl (C=O) groups excluding carboxylic acids is 1. The number of nitrogens with one attached hydrogen (secondary N) is 1. The molecule has 0 aliphatic carbocycles. The predicted molar refractivity (Wildman–Crippen MR) is 69.6 cm³/mol. The normalized spacial score (nSPS) is 19.5. The lowest BCUT2D eigenvalue weighted by Crippen LogP contribution is -2.27. The molecule has 1 N–H and O–H groups in total. The van der Waals surface area contributed by atoms with Crippen molar-refractivity contribution in [1.29, 1.82) is 0 Å². The molecular weight excluding hydrogens is 266 g/mol. The molecule has 1 amide bonds. The van der Waals surface area contributed by atoms with E-state index >= 15 is 0 Å². The minimum atomic E-state index is -0.0370. The van der Waals surface area contributed by atoms with Gasteiger partial charge in [-0.1, -0.05) is 32.9 Å². The summed E-state index contributed by atoms with van der Waals surface area (Å²) in [5.41, 5.74) is 2.06. The first-order valence-corrected chi connectivity index (χ1v) is 6.36. The van der Waals surface area contributed by atoms with Crippen LogP contribution < -0.4 is 5.32 Å². The van der Waals surface area contributed by atoms with E-state index in [4.69, 9.17) is 0 Å². The van der Waals surface area contributed by atoms with Gasteiger partial charge in [-0.05, 0) is 39.4 Å². The first kappa shape index (κ1) is 11.6. The SMILES string of the molecule is CCC(C)(C)C1C(=O)Nc2c(Br)cccc21. The maximum Gasteiger partial charge on any atom is 0.232 e. The van der Waals surface area contributed by atoms with Gasteiger partial charge in [-0.25, -0.2) is 0 Å². The largest absolute Gasteiger partial charge is 0.324 e. The van der Waals surface area contributed by atoms with Gasteiger partial charge < -0.3 is 5.32 Å². The molecule has 1 unspecified atom stereocenters. The van der Waals surface area contributed by atoms with Crippen molar-refractivity contribution in [2.75, 3.05) is 5.32 Å². The second kappa shape index (κ2) is 3.88. The molecule has 1 aliphatic heterocycles. The number of halogens is 1. The molecule has 0 fully saturated rings. The van der Waals surface area contributed by atoms with Gasteiger partial charge in [0.15, 0.2) is 0 Å². The zero-order valence-electron chi connectivity index (χ0n) is 9.80. The molecule has 1 aromatic rings. The van der Waals surface area contributed by atoms with Crippen LogP contribution in [0.15, 0.2) is 22.7 Å². The van der Waals surface area contributed by atoms with Crippen LogP contribution in [0, 0.1) is 5.41 Å². The van der Waals surface area contributed by atoms with E-state index in [1.54, 1.807) is 0 Å². The van der Waals surface area contributed by atoms with Crippen molar-refractivity contribution < 1.29 is 4.79 Å². The molecule has 0 saturated carbocycles. The van der Waals surface area contributed by atoms with Gasteiger partial charge in [-0.2, -0.15) is 0 Å². The summed E-state index contributed by atoms with van der Waals surface area (Å²) < 4.78 is 0.966. The lowest BCUT2D eigenvalue weighted by atomic mass is 9.74. The van der Waals surface area contributed by atoms with Crippen LogP contribution in [-0.2, 0) is 4.79 Å².